The minimum Gasteiger partial charge on any atom is -0.347 e. The van der Waals surface area contributed by atoms with E-state index in [-0.39, 0.29) is 11.5 Å². The molecule has 0 bridgehead atoms. The Balaban J connectivity index is 2.04. The predicted molar refractivity (Wildman–Crippen MR) is 85.9 cm³/mol. The van der Waals surface area contributed by atoms with Crippen molar-refractivity contribution in [3.05, 3.63) is 62.3 Å². The molecule has 1 N–H and O–H groups in total. The van der Waals surface area contributed by atoms with E-state index in [9.17, 15) is 4.79 Å². The topological polar surface area (TPSA) is 52.9 Å². The molecule has 21 heavy (non-hydrogen) atoms. The Kier molecular flexibility index (Phi) is 5.15. The van der Waals surface area contributed by atoms with Crippen molar-refractivity contribution in [2.45, 2.75) is 13.5 Å². The van der Waals surface area contributed by atoms with E-state index < -0.39 is 0 Å². The summed E-state index contributed by atoms with van der Waals surface area (Å²) in [6.45, 7) is 2.31. The smallest absolute Gasteiger partial charge is 0.262 e. The van der Waals surface area contributed by atoms with Crippen LogP contribution in [0.3, 0.4) is 0 Å². The van der Waals surface area contributed by atoms with E-state index in [1.165, 1.54) is 11.3 Å². The van der Waals surface area contributed by atoms with Gasteiger partial charge in [-0.2, -0.15) is 5.26 Å². The lowest BCUT2D eigenvalue weighted by atomic mass is 10.2. The molecule has 0 aliphatic carbocycles. The minimum atomic E-state index is -0.375. The number of nitriles is 1. The Morgan fingerprint density at radius 2 is 2.10 bits per heavy atom. The van der Waals surface area contributed by atoms with E-state index >= 15 is 0 Å². The predicted octanol–water partition coefficient (Wildman–Crippen LogP) is 3.93. The second-order valence-corrected chi connectivity index (χ2v) is 5.83. The number of nitrogens with one attached hydrogen (secondary N) is 1. The van der Waals surface area contributed by atoms with Gasteiger partial charge in [0.05, 0.1) is 0 Å². The molecule has 0 unspecified atom stereocenters. The third-order valence-corrected chi connectivity index (χ3v) is 4.13. The normalized spacial score (nSPS) is 11.0. The molecule has 1 heterocycles. The van der Waals surface area contributed by atoms with Gasteiger partial charge in [-0.1, -0.05) is 23.7 Å². The monoisotopic (exact) mass is 316 g/mol. The van der Waals surface area contributed by atoms with E-state index in [1.807, 2.05) is 36.6 Å². The molecule has 1 amide bonds. The van der Waals surface area contributed by atoms with Crippen LogP contribution in [0.4, 0.5) is 0 Å². The molecule has 1 aromatic heterocycles. The number of benzene rings is 1. The number of thiophene rings is 1. The maximum Gasteiger partial charge on any atom is 0.262 e. The quantitative estimate of drug-likeness (QED) is 0.686. The lowest BCUT2D eigenvalue weighted by Gasteiger charge is -2.04. The highest BCUT2D eigenvalue weighted by molar-refractivity contribution is 7.11. The van der Waals surface area contributed by atoms with Crippen molar-refractivity contribution >= 4 is 34.9 Å². The van der Waals surface area contributed by atoms with Gasteiger partial charge in [-0.25, -0.2) is 0 Å². The molecule has 2 rings (SSSR count). The maximum absolute atomic E-state index is 12.0. The first-order chi connectivity index (χ1) is 10.1. The molecule has 0 radical (unpaired) electrons. The summed E-state index contributed by atoms with van der Waals surface area (Å²) in [4.78, 5) is 13.0. The summed E-state index contributed by atoms with van der Waals surface area (Å²) in [6.07, 6.45) is 1.62. The maximum atomic E-state index is 12.0. The molecule has 0 atom stereocenters. The Hall–Kier alpha value is -2.09. The number of amides is 1. The molecule has 0 saturated carbocycles. The fourth-order valence-corrected chi connectivity index (χ4v) is 2.68. The summed E-state index contributed by atoms with van der Waals surface area (Å²) in [5, 5.41) is 14.4. The zero-order valence-electron chi connectivity index (χ0n) is 11.4. The van der Waals surface area contributed by atoms with E-state index in [2.05, 4.69) is 5.32 Å². The number of nitrogens with zero attached hydrogens (tertiary/aromatic N) is 1. The van der Waals surface area contributed by atoms with Crippen LogP contribution in [0.25, 0.3) is 6.08 Å². The Morgan fingerprint density at radius 3 is 2.67 bits per heavy atom. The molecule has 3 nitrogen and oxygen atoms in total. The van der Waals surface area contributed by atoms with Gasteiger partial charge in [0.1, 0.15) is 11.6 Å². The number of carbonyl (C=O) groups is 1. The molecule has 5 heteroatoms. The zero-order valence-corrected chi connectivity index (χ0v) is 13.0. The number of rotatable bonds is 4. The molecule has 106 valence electrons. The number of hydrogen-bond donors (Lipinski definition) is 1. The highest BCUT2D eigenvalue weighted by Crippen LogP contribution is 2.19. The van der Waals surface area contributed by atoms with Crippen LogP contribution < -0.4 is 5.32 Å². The standard InChI is InChI=1S/C16H13ClN2OS/c1-11-6-7-21-15(11)8-13(9-18)16(20)19-10-12-2-4-14(17)5-3-12/h2-8H,10H2,1H3,(H,19,20). The lowest BCUT2D eigenvalue weighted by molar-refractivity contribution is -0.117. The second-order valence-electron chi connectivity index (χ2n) is 4.45. The number of aryl methyl sites for hydroxylation is 1. The van der Waals surface area contributed by atoms with E-state index in [1.54, 1.807) is 18.2 Å². The van der Waals surface area contributed by atoms with Crippen LogP contribution in [0.15, 0.2) is 41.3 Å². The minimum absolute atomic E-state index is 0.106. The first-order valence-corrected chi connectivity index (χ1v) is 7.54. The van der Waals surface area contributed by atoms with Gasteiger partial charge in [0.2, 0.25) is 0 Å². The summed E-state index contributed by atoms with van der Waals surface area (Å²) in [5.74, 6) is -0.375. The van der Waals surface area contributed by atoms with Crippen LogP contribution in [-0.2, 0) is 11.3 Å². The van der Waals surface area contributed by atoms with Gasteiger partial charge in [-0.15, -0.1) is 11.3 Å². The Labute approximate surface area is 132 Å². The third-order valence-electron chi connectivity index (χ3n) is 2.91. The van der Waals surface area contributed by atoms with Crippen molar-refractivity contribution in [2.75, 3.05) is 0 Å². The summed E-state index contributed by atoms with van der Waals surface area (Å²) in [6, 6.07) is 11.1. The molecule has 0 saturated heterocycles. The van der Waals surface area contributed by atoms with Gasteiger partial charge in [0.15, 0.2) is 0 Å². The largest absolute Gasteiger partial charge is 0.347 e. The van der Waals surface area contributed by atoms with Crippen molar-refractivity contribution in [1.82, 2.24) is 5.32 Å². The zero-order chi connectivity index (χ0) is 15.2. The van der Waals surface area contributed by atoms with Crippen molar-refractivity contribution in [1.29, 1.82) is 5.26 Å². The molecule has 2 aromatic rings. The molecule has 0 aliphatic heterocycles. The van der Waals surface area contributed by atoms with Gasteiger partial charge in [0.25, 0.3) is 5.91 Å². The van der Waals surface area contributed by atoms with Crippen molar-refractivity contribution in [3.8, 4) is 6.07 Å². The first kappa shape index (κ1) is 15.3. The summed E-state index contributed by atoms with van der Waals surface area (Å²) in [7, 11) is 0. The number of halogens is 1. The fourth-order valence-electron chi connectivity index (χ4n) is 1.69. The highest BCUT2D eigenvalue weighted by Gasteiger charge is 2.10. The van der Waals surface area contributed by atoms with Crippen molar-refractivity contribution < 1.29 is 4.79 Å². The Morgan fingerprint density at radius 1 is 1.38 bits per heavy atom. The molecule has 0 fully saturated rings. The molecular weight excluding hydrogens is 304 g/mol. The SMILES string of the molecule is Cc1ccsc1C=C(C#N)C(=O)NCc1ccc(Cl)cc1. The van der Waals surface area contributed by atoms with E-state index in [4.69, 9.17) is 16.9 Å². The summed E-state index contributed by atoms with van der Waals surface area (Å²) < 4.78 is 0. The van der Waals surface area contributed by atoms with Gasteiger partial charge >= 0.3 is 0 Å². The van der Waals surface area contributed by atoms with Gasteiger partial charge in [-0.3, -0.25) is 4.79 Å². The third kappa shape index (κ3) is 4.19. The molecule has 0 aliphatic rings. The number of carbonyl (C=O) groups excluding carboxylic acids is 1. The lowest BCUT2D eigenvalue weighted by Crippen LogP contribution is -2.23. The summed E-state index contributed by atoms with van der Waals surface area (Å²) >= 11 is 7.31. The molecule has 1 aromatic carbocycles. The van der Waals surface area contributed by atoms with Gasteiger partial charge in [-0.05, 0) is 47.7 Å². The van der Waals surface area contributed by atoms with Crippen LogP contribution in [0, 0.1) is 18.3 Å². The van der Waals surface area contributed by atoms with Gasteiger partial charge in [0, 0.05) is 16.4 Å². The van der Waals surface area contributed by atoms with E-state index in [0.717, 1.165) is 16.0 Å². The average Bonchev–Trinajstić information content (AvgIpc) is 2.89. The van der Waals surface area contributed by atoms with Crippen LogP contribution >= 0.6 is 22.9 Å². The highest BCUT2D eigenvalue weighted by atomic mass is 35.5. The fraction of sp³-hybridized carbons (Fsp3) is 0.125. The molecule has 0 spiro atoms. The average molecular weight is 317 g/mol. The van der Waals surface area contributed by atoms with Crippen molar-refractivity contribution in [3.63, 3.8) is 0 Å². The van der Waals surface area contributed by atoms with E-state index in [0.29, 0.717) is 11.6 Å². The Bertz CT molecular complexity index is 711. The molecular formula is C16H13ClN2OS. The number of hydrogen-bond acceptors (Lipinski definition) is 3. The van der Waals surface area contributed by atoms with Gasteiger partial charge < -0.3 is 5.32 Å². The summed E-state index contributed by atoms with van der Waals surface area (Å²) in [5.41, 5.74) is 2.09. The first-order valence-electron chi connectivity index (χ1n) is 6.28. The van der Waals surface area contributed by atoms with Crippen LogP contribution in [0.5, 0.6) is 0 Å². The van der Waals surface area contributed by atoms with Crippen molar-refractivity contribution in [2.24, 2.45) is 0 Å². The second kappa shape index (κ2) is 7.07. The van der Waals surface area contributed by atoms with Crippen LogP contribution in [-0.4, -0.2) is 5.91 Å². The van der Waals surface area contributed by atoms with Crippen LogP contribution in [0.1, 0.15) is 16.0 Å². The van der Waals surface area contributed by atoms with Crippen LogP contribution in [0.2, 0.25) is 5.02 Å².